The Bertz CT molecular complexity index is 204. The summed E-state index contributed by atoms with van der Waals surface area (Å²) in [5.74, 6) is -0.570. The molecular formula is C11H16O2. The summed E-state index contributed by atoms with van der Waals surface area (Å²) >= 11 is 0. The van der Waals surface area contributed by atoms with Gasteiger partial charge in [-0.1, -0.05) is 18.2 Å². The average molecular weight is 180 g/mol. The standard InChI is InChI=1S/C11H16O2/c1-5-8-11(4)12-9(6-2)10(7-3)13-11/h5-7,9-10H,1-3,8H2,4H3/t9-,10+,11?. The van der Waals surface area contributed by atoms with E-state index < -0.39 is 5.79 Å². The molecule has 2 heteroatoms. The zero-order chi connectivity index (χ0) is 9.90. The van der Waals surface area contributed by atoms with Gasteiger partial charge in [-0.3, -0.25) is 0 Å². The SMILES string of the molecule is C=CCC1(C)O[C@@H](C=C)[C@@H](C=C)O1. The van der Waals surface area contributed by atoms with Crippen LogP contribution in [0, 0.1) is 0 Å². The van der Waals surface area contributed by atoms with Crippen LogP contribution >= 0.6 is 0 Å². The molecule has 13 heavy (non-hydrogen) atoms. The number of hydrogen-bond acceptors (Lipinski definition) is 2. The fourth-order valence-electron chi connectivity index (χ4n) is 1.46. The van der Waals surface area contributed by atoms with Crippen molar-refractivity contribution >= 4 is 0 Å². The lowest BCUT2D eigenvalue weighted by Gasteiger charge is -2.20. The molecule has 2 nitrogen and oxygen atoms in total. The molecule has 1 aliphatic heterocycles. The van der Waals surface area contributed by atoms with Crippen LogP contribution in [0.25, 0.3) is 0 Å². The van der Waals surface area contributed by atoms with Crippen molar-refractivity contribution in [1.82, 2.24) is 0 Å². The Morgan fingerprint density at radius 3 is 1.92 bits per heavy atom. The molecule has 0 aromatic carbocycles. The Hall–Kier alpha value is -0.860. The summed E-state index contributed by atoms with van der Waals surface area (Å²) < 4.78 is 11.3. The largest absolute Gasteiger partial charge is 0.340 e. The lowest BCUT2D eigenvalue weighted by Crippen LogP contribution is -2.25. The summed E-state index contributed by atoms with van der Waals surface area (Å²) in [5, 5.41) is 0. The lowest BCUT2D eigenvalue weighted by atomic mass is 10.2. The molecule has 1 fully saturated rings. The van der Waals surface area contributed by atoms with Gasteiger partial charge >= 0.3 is 0 Å². The maximum absolute atomic E-state index is 5.66. The summed E-state index contributed by atoms with van der Waals surface area (Å²) in [6, 6.07) is 0. The van der Waals surface area contributed by atoms with E-state index in [1.54, 1.807) is 18.2 Å². The average Bonchev–Trinajstić information content (AvgIpc) is 2.43. The number of hydrogen-bond donors (Lipinski definition) is 0. The molecule has 3 atom stereocenters. The van der Waals surface area contributed by atoms with Gasteiger partial charge in [0.25, 0.3) is 0 Å². The van der Waals surface area contributed by atoms with Gasteiger partial charge in [0.2, 0.25) is 0 Å². The number of rotatable bonds is 4. The Labute approximate surface area is 79.5 Å². The zero-order valence-corrected chi connectivity index (χ0v) is 8.03. The second-order valence-corrected chi connectivity index (χ2v) is 3.26. The summed E-state index contributed by atoms with van der Waals surface area (Å²) in [7, 11) is 0. The third-order valence-electron chi connectivity index (χ3n) is 2.07. The highest BCUT2D eigenvalue weighted by Crippen LogP contribution is 2.32. The van der Waals surface area contributed by atoms with Crippen LogP contribution in [0.3, 0.4) is 0 Å². The van der Waals surface area contributed by atoms with Crippen molar-refractivity contribution in [3.05, 3.63) is 38.0 Å². The minimum absolute atomic E-state index is 0.0950. The molecule has 1 saturated heterocycles. The molecular weight excluding hydrogens is 164 g/mol. The van der Waals surface area contributed by atoms with E-state index in [9.17, 15) is 0 Å². The van der Waals surface area contributed by atoms with Gasteiger partial charge in [-0.05, 0) is 6.92 Å². The van der Waals surface area contributed by atoms with Crippen LogP contribution in [0.15, 0.2) is 38.0 Å². The van der Waals surface area contributed by atoms with E-state index in [2.05, 4.69) is 19.7 Å². The van der Waals surface area contributed by atoms with Crippen molar-refractivity contribution in [3.8, 4) is 0 Å². The summed E-state index contributed by atoms with van der Waals surface area (Å²) in [6.07, 6.45) is 5.74. The molecule has 72 valence electrons. The van der Waals surface area contributed by atoms with E-state index in [0.717, 1.165) is 0 Å². The molecule has 0 amide bonds. The number of ether oxygens (including phenoxy) is 2. The molecule has 0 N–H and O–H groups in total. The first-order valence-electron chi connectivity index (χ1n) is 4.37. The highest BCUT2D eigenvalue weighted by Gasteiger charge is 2.40. The van der Waals surface area contributed by atoms with E-state index in [1.807, 2.05) is 6.92 Å². The van der Waals surface area contributed by atoms with E-state index in [4.69, 9.17) is 9.47 Å². The maximum Gasteiger partial charge on any atom is 0.170 e. The van der Waals surface area contributed by atoms with Gasteiger partial charge in [0, 0.05) is 6.42 Å². The third kappa shape index (κ3) is 2.08. The van der Waals surface area contributed by atoms with Gasteiger partial charge in [-0.15, -0.1) is 19.7 Å². The van der Waals surface area contributed by atoms with E-state index in [1.165, 1.54) is 0 Å². The quantitative estimate of drug-likeness (QED) is 0.619. The third-order valence-corrected chi connectivity index (χ3v) is 2.07. The fraction of sp³-hybridized carbons (Fsp3) is 0.455. The Morgan fingerprint density at radius 1 is 1.15 bits per heavy atom. The minimum Gasteiger partial charge on any atom is -0.340 e. The van der Waals surface area contributed by atoms with E-state index >= 15 is 0 Å². The highest BCUT2D eigenvalue weighted by atomic mass is 16.8. The molecule has 0 bridgehead atoms. The van der Waals surface area contributed by atoms with Crippen molar-refractivity contribution < 1.29 is 9.47 Å². The molecule has 1 aliphatic rings. The van der Waals surface area contributed by atoms with Crippen molar-refractivity contribution in [2.24, 2.45) is 0 Å². The summed E-state index contributed by atoms with van der Waals surface area (Å²) in [5.41, 5.74) is 0. The molecule has 0 saturated carbocycles. The van der Waals surface area contributed by atoms with Crippen molar-refractivity contribution in [1.29, 1.82) is 0 Å². The Morgan fingerprint density at radius 2 is 1.62 bits per heavy atom. The molecule has 0 spiro atoms. The summed E-state index contributed by atoms with van der Waals surface area (Å²) in [6.45, 7) is 12.9. The minimum atomic E-state index is -0.570. The predicted molar refractivity (Wildman–Crippen MR) is 53.4 cm³/mol. The maximum atomic E-state index is 5.66. The fourth-order valence-corrected chi connectivity index (χ4v) is 1.46. The van der Waals surface area contributed by atoms with Crippen molar-refractivity contribution in [3.63, 3.8) is 0 Å². The normalized spacial score (nSPS) is 38.5. The zero-order valence-electron chi connectivity index (χ0n) is 8.03. The monoisotopic (exact) mass is 180 g/mol. The summed E-state index contributed by atoms with van der Waals surface area (Å²) in [4.78, 5) is 0. The van der Waals surface area contributed by atoms with Crippen LogP contribution in [0.1, 0.15) is 13.3 Å². The first-order chi connectivity index (χ1) is 6.15. The van der Waals surface area contributed by atoms with E-state index in [0.29, 0.717) is 6.42 Å². The van der Waals surface area contributed by atoms with Crippen LogP contribution in [-0.4, -0.2) is 18.0 Å². The van der Waals surface area contributed by atoms with Crippen molar-refractivity contribution in [2.45, 2.75) is 31.3 Å². The van der Waals surface area contributed by atoms with Gasteiger partial charge in [0.05, 0.1) is 0 Å². The first-order valence-corrected chi connectivity index (χ1v) is 4.37. The van der Waals surface area contributed by atoms with Gasteiger partial charge in [0.15, 0.2) is 5.79 Å². The molecule has 1 unspecified atom stereocenters. The Balaban J connectivity index is 2.71. The molecule has 0 aliphatic carbocycles. The smallest absolute Gasteiger partial charge is 0.170 e. The Kier molecular flexibility index (Phi) is 3.07. The van der Waals surface area contributed by atoms with Crippen LogP contribution in [0.2, 0.25) is 0 Å². The predicted octanol–water partition coefficient (Wildman–Crippen LogP) is 2.43. The lowest BCUT2D eigenvalue weighted by molar-refractivity contribution is -0.151. The molecule has 1 rings (SSSR count). The van der Waals surface area contributed by atoms with Crippen LogP contribution in [-0.2, 0) is 9.47 Å². The topological polar surface area (TPSA) is 18.5 Å². The van der Waals surface area contributed by atoms with Crippen LogP contribution < -0.4 is 0 Å². The van der Waals surface area contributed by atoms with Crippen molar-refractivity contribution in [2.75, 3.05) is 0 Å². The van der Waals surface area contributed by atoms with Gasteiger partial charge in [0.1, 0.15) is 12.2 Å². The molecule has 0 radical (unpaired) electrons. The van der Waals surface area contributed by atoms with Crippen LogP contribution in [0.5, 0.6) is 0 Å². The van der Waals surface area contributed by atoms with Gasteiger partial charge in [-0.25, -0.2) is 0 Å². The second kappa shape index (κ2) is 3.90. The second-order valence-electron chi connectivity index (χ2n) is 3.26. The van der Waals surface area contributed by atoms with E-state index in [-0.39, 0.29) is 12.2 Å². The molecule has 0 aromatic heterocycles. The molecule has 1 heterocycles. The highest BCUT2D eigenvalue weighted by molar-refractivity contribution is 5.02. The van der Waals surface area contributed by atoms with Gasteiger partial charge in [-0.2, -0.15) is 0 Å². The van der Waals surface area contributed by atoms with Gasteiger partial charge < -0.3 is 9.47 Å². The van der Waals surface area contributed by atoms with Crippen LogP contribution in [0.4, 0.5) is 0 Å². The first kappa shape index (κ1) is 10.2. The molecule has 0 aromatic rings.